The van der Waals surface area contributed by atoms with Crippen LogP contribution in [0.1, 0.15) is 152 Å². The fourth-order valence-corrected chi connectivity index (χ4v) is 11.8. The summed E-state index contributed by atoms with van der Waals surface area (Å²) in [5, 5.41) is 81.0. The number of halogens is 1. The topological polar surface area (TPSA) is 420 Å². The van der Waals surface area contributed by atoms with Crippen LogP contribution >= 0.6 is 28.1 Å². The van der Waals surface area contributed by atoms with Crippen molar-refractivity contribution in [3.63, 3.8) is 0 Å². The Kier molecular flexibility index (Phi) is 41.6. The van der Waals surface area contributed by atoms with Gasteiger partial charge in [-0.1, -0.05) is 96.7 Å². The first-order chi connectivity index (χ1) is 46.2. The lowest BCUT2D eigenvalue weighted by atomic mass is 9.92. The van der Waals surface area contributed by atoms with Gasteiger partial charge in [-0.25, -0.2) is 14.4 Å². The van der Waals surface area contributed by atoms with Gasteiger partial charge in [0, 0.05) is 127 Å². The number of hydrogen-bond donors (Lipinski definition) is 12. The van der Waals surface area contributed by atoms with Crippen LogP contribution in [-0.2, 0) is 72.0 Å². The molecule has 1 aliphatic heterocycles. The Morgan fingerprint density at radius 2 is 0.969 bits per heavy atom. The van der Waals surface area contributed by atoms with Crippen molar-refractivity contribution >= 4 is 104 Å². The molecule has 3 rings (SSSR count). The van der Waals surface area contributed by atoms with Crippen molar-refractivity contribution in [3.05, 3.63) is 69.7 Å². The van der Waals surface area contributed by atoms with E-state index in [1.807, 2.05) is 48.5 Å². The van der Waals surface area contributed by atoms with Gasteiger partial charge in [-0.3, -0.25) is 62.8 Å². The predicted octanol–water partition coefficient (Wildman–Crippen LogP) is 5.09. The first-order valence-corrected chi connectivity index (χ1v) is 34.6. The number of unbranched alkanes of at least 4 members (excludes halogenated alkanes) is 7. The normalized spacial score (nSPS) is 15.2. The number of carboxylic acid groups (broad SMARTS) is 7. The number of carbonyl (C=O) groups is 12. The van der Waals surface area contributed by atoms with E-state index in [1.165, 1.54) is 0 Å². The third-order valence-electron chi connectivity index (χ3n) is 16.5. The highest BCUT2D eigenvalue weighted by Gasteiger charge is 2.30. The molecule has 1 aliphatic rings. The highest BCUT2D eigenvalue weighted by atomic mass is 79.9. The monoisotopic (exact) mass is 1450 g/mol. The van der Waals surface area contributed by atoms with Gasteiger partial charge in [0.2, 0.25) is 11.8 Å². The molecular formula is C67H100BrN9O19S. The number of carboxylic acids is 7. The summed E-state index contributed by atoms with van der Waals surface area (Å²) in [5.41, 5.74) is 2.79. The summed E-state index contributed by atoms with van der Waals surface area (Å²) in [4.78, 5) is 154. The Morgan fingerprint density at radius 1 is 0.464 bits per heavy atom. The van der Waals surface area contributed by atoms with Crippen molar-refractivity contribution in [3.8, 4) is 0 Å². The minimum Gasteiger partial charge on any atom is -0.481 e. The number of amides is 4. The van der Waals surface area contributed by atoms with Crippen LogP contribution in [0.5, 0.6) is 0 Å². The van der Waals surface area contributed by atoms with E-state index in [1.54, 1.807) is 19.6 Å². The van der Waals surface area contributed by atoms with Gasteiger partial charge < -0.3 is 62.3 Å². The van der Waals surface area contributed by atoms with E-state index in [4.69, 9.17) is 17.3 Å². The summed E-state index contributed by atoms with van der Waals surface area (Å²) < 4.78 is 0.971. The fourth-order valence-electron chi connectivity index (χ4n) is 11.2. The third-order valence-corrected chi connectivity index (χ3v) is 17.4. The van der Waals surface area contributed by atoms with Crippen LogP contribution in [0.4, 0.5) is 4.79 Å². The molecule has 4 amide bonds. The molecule has 0 bridgehead atoms. The lowest BCUT2D eigenvalue weighted by molar-refractivity contribution is -0.143. The molecule has 540 valence electrons. The highest BCUT2D eigenvalue weighted by molar-refractivity contribution is 9.10. The lowest BCUT2D eigenvalue weighted by Crippen LogP contribution is -2.53. The Labute approximate surface area is 580 Å². The van der Waals surface area contributed by atoms with E-state index in [9.17, 15) is 88.2 Å². The molecule has 1 saturated heterocycles. The number of nitrogens with zero attached hydrogens (tertiary/aromatic N) is 4. The number of carbonyl (C=O) groups excluding carboxylic acids is 5. The Morgan fingerprint density at radius 3 is 1.56 bits per heavy atom. The van der Waals surface area contributed by atoms with Crippen molar-refractivity contribution < 1.29 is 93.3 Å². The Balaban J connectivity index is 1.58. The molecule has 1 heterocycles. The lowest BCUT2D eigenvalue weighted by Gasteiger charge is -2.37. The van der Waals surface area contributed by atoms with Crippen LogP contribution in [0.3, 0.4) is 0 Å². The third kappa shape index (κ3) is 40.1. The first-order valence-electron chi connectivity index (χ1n) is 33.4. The number of Topliss-reactive ketones (excluding diaryl/α,β-unsaturated/α-hetero) is 2. The van der Waals surface area contributed by atoms with E-state index in [0.29, 0.717) is 88.7 Å². The number of nitrogens with one attached hydrogen (secondary N) is 5. The number of benzene rings is 2. The first kappa shape index (κ1) is 83.7. The van der Waals surface area contributed by atoms with E-state index >= 15 is 0 Å². The van der Waals surface area contributed by atoms with Gasteiger partial charge in [-0.15, -0.1) is 0 Å². The molecule has 0 aliphatic carbocycles. The number of thiocarbonyl (C=S) groups is 1. The minimum absolute atomic E-state index is 0.0436. The second kappa shape index (κ2) is 48.2. The highest BCUT2D eigenvalue weighted by Crippen LogP contribution is 2.20. The number of aryl methyl sites for hydroxylation is 1. The van der Waals surface area contributed by atoms with Crippen LogP contribution in [0.2, 0.25) is 0 Å². The summed E-state index contributed by atoms with van der Waals surface area (Å²) in [5.74, 6) is -9.73. The fraction of sp³-hybridized carbons (Fsp3) is 0.627. The Hall–Kier alpha value is -7.51. The van der Waals surface area contributed by atoms with Crippen LogP contribution < -0.4 is 26.6 Å². The smallest absolute Gasteiger partial charge is 0.326 e. The van der Waals surface area contributed by atoms with E-state index in [0.717, 1.165) is 46.8 Å². The van der Waals surface area contributed by atoms with E-state index < -0.39 is 84.3 Å². The van der Waals surface area contributed by atoms with Gasteiger partial charge in [0.05, 0.1) is 31.2 Å². The molecule has 0 spiro atoms. The van der Waals surface area contributed by atoms with Crippen molar-refractivity contribution in [1.29, 1.82) is 0 Å². The SMILES string of the molecule is O=C(O)CCCNC(=O)N[C@@H](CCC(=O)CCCCCCCCC(=O)C[C@@H](CCCCNC(=S)Cc1ccc(CC2CN(CC(=O)O)CCN(CC(=O)O)CCN(CC(=O)O)CCN2CC(=O)O)cc1)C(=O)N[C@@H](CCCCNC(=O)CCCc1ccc(Br)cc1)C(=O)O)C(=O)O. The van der Waals surface area contributed by atoms with Gasteiger partial charge >= 0.3 is 47.8 Å². The second-order valence-electron chi connectivity index (χ2n) is 24.7. The predicted molar refractivity (Wildman–Crippen MR) is 366 cm³/mol. The van der Waals surface area contributed by atoms with Gasteiger partial charge in [-0.05, 0) is 106 Å². The van der Waals surface area contributed by atoms with Crippen LogP contribution in [0.15, 0.2) is 53.0 Å². The zero-order chi connectivity index (χ0) is 71.5. The maximum atomic E-state index is 13.9. The summed E-state index contributed by atoms with van der Waals surface area (Å²) in [6.07, 6.45) is 9.07. The van der Waals surface area contributed by atoms with Gasteiger partial charge in [0.25, 0.3) is 0 Å². The van der Waals surface area contributed by atoms with Crippen molar-refractivity contribution in [1.82, 2.24) is 46.2 Å². The number of aliphatic carboxylic acids is 7. The summed E-state index contributed by atoms with van der Waals surface area (Å²) >= 11 is 9.13. The molecule has 97 heavy (non-hydrogen) atoms. The van der Waals surface area contributed by atoms with Crippen LogP contribution in [0, 0.1) is 5.92 Å². The molecule has 2 aromatic carbocycles. The molecule has 4 atom stereocenters. The number of ketones is 2. The molecule has 2 aromatic rings. The maximum absolute atomic E-state index is 13.9. The Bertz CT molecular complexity index is 2860. The standard InChI is InChI=1S/C67H100BrN9O19S/c68-51-26-24-47(25-27-51)13-11-18-57(80)69-30-10-8-17-55(65(92)93)72-64(91)50(41-54(79)16-6-4-2-1-3-5-15-53(78)28-29-56(66(94)95)73-67(96)71-32-12-19-59(81)82)14-7-9-31-70-58(97)40-49-22-20-48(21-23-49)39-52-42-76(45-62(87)88)36-35-74(43-60(83)84)33-34-75(44-61(85)86)37-38-77(52)46-63(89)90/h20-27,50,52,55-56H,1-19,28-46H2,(H,69,80)(H,70,97)(H,72,91)(H,81,82)(H,83,84)(H,85,86)(H,87,88)(H,89,90)(H,92,93)(H,94,95)(H2,71,73,96)/t50-,52?,55+,56+/m1/s1. The summed E-state index contributed by atoms with van der Waals surface area (Å²) in [7, 11) is 0. The second-order valence-corrected chi connectivity index (χ2v) is 26.1. The van der Waals surface area contributed by atoms with Crippen molar-refractivity contribution in [2.75, 3.05) is 91.6 Å². The average Bonchev–Trinajstić information content (AvgIpc) is 1.12. The summed E-state index contributed by atoms with van der Waals surface area (Å²) in [6, 6.07) is 11.6. The summed E-state index contributed by atoms with van der Waals surface area (Å²) in [6.45, 7) is 0.466. The largest absolute Gasteiger partial charge is 0.481 e. The number of urea groups is 1. The van der Waals surface area contributed by atoms with E-state index in [-0.39, 0.29) is 147 Å². The molecule has 30 heteroatoms. The number of rotatable bonds is 49. The molecule has 1 unspecified atom stereocenters. The zero-order valence-corrected chi connectivity index (χ0v) is 57.8. The van der Waals surface area contributed by atoms with Crippen LogP contribution in [-0.4, -0.2) is 241 Å². The van der Waals surface area contributed by atoms with Gasteiger partial charge in [0.1, 0.15) is 23.7 Å². The van der Waals surface area contributed by atoms with Gasteiger partial charge in [0.15, 0.2) is 0 Å². The molecule has 1 fully saturated rings. The van der Waals surface area contributed by atoms with Crippen molar-refractivity contribution in [2.24, 2.45) is 5.92 Å². The zero-order valence-electron chi connectivity index (χ0n) is 55.4. The van der Waals surface area contributed by atoms with Gasteiger partial charge in [-0.2, -0.15) is 0 Å². The molecule has 0 saturated carbocycles. The van der Waals surface area contributed by atoms with E-state index in [2.05, 4.69) is 42.5 Å². The molecule has 0 aromatic heterocycles. The molecule has 12 N–H and O–H groups in total. The number of hydrogen-bond acceptors (Lipinski definition) is 17. The van der Waals surface area contributed by atoms with Crippen molar-refractivity contribution in [2.45, 2.75) is 172 Å². The molecular weight excluding hydrogens is 1350 g/mol. The average molecular weight is 1450 g/mol. The maximum Gasteiger partial charge on any atom is 0.326 e. The molecule has 0 radical (unpaired) electrons. The quantitative estimate of drug-likeness (QED) is 0.0303. The minimum atomic E-state index is -1.30. The molecule has 28 nitrogen and oxygen atoms in total. The van der Waals surface area contributed by atoms with Crippen LogP contribution in [0.25, 0.3) is 0 Å².